The smallest absolute Gasteiger partial charge is 0.362 e. The maximum absolute atomic E-state index is 12.9. The van der Waals surface area contributed by atoms with Gasteiger partial charge in [0.05, 0.1) is 36.9 Å². The molecule has 0 saturated heterocycles. The molecule has 5 nitrogen and oxygen atoms in total. The zero-order chi connectivity index (χ0) is 15.2. The number of carbonyl (C=O) groups excluding carboxylic acids is 1. The van der Waals surface area contributed by atoms with Crippen molar-refractivity contribution in [3.63, 3.8) is 0 Å². The molecule has 112 valence electrons. The quantitative estimate of drug-likeness (QED) is 0.408. The highest BCUT2D eigenvalue weighted by molar-refractivity contribution is 7.65. The van der Waals surface area contributed by atoms with E-state index < -0.39 is 7.60 Å². The number of hydrogen-bond acceptors (Lipinski definition) is 5. The summed E-state index contributed by atoms with van der Waals surface area (Å²) in [5.41, 5.74) is 1.10. The summed E-state index contributed by atoms with van der Waals surface area (Å²) in [5, 5.41) is 0.179. The number of furan rings is 1. The summed E-state index contributed by atoms with van der Waals surface area (Å²) in [6, 6.07) is 0. The first-order valence-electron chi connectivity index (χ1n) is 6.21. The number of halogens is 1. The van der Waals surface area contributed by atoms with Crippen LogP contribution in [-0.4, -0.2) is 19.0 Å². The van der Waals surface area contributed by atoms with Crippen molar-refractivity contribution < 1.29 is 22.8 Å². The van der Waals surface area contributed by atoms with E-state index in [4.69, 9.17) is 25.1 Å². The summed E-state index contributed by atoms with van der Waals surface area (Å²) in [5.74, 6) is -0.0966. The van der Waals surface area contributed by atoms with Crippen molar-refractivity contribution in [3.8, 4) is 0 Å². The van der Waals surface area contributed by atoms with Crippen LogP contribution in [0.2, 0.25) is 0 Å². The Bertz CT molecular complexity index is 525. The molecule has 0 bridgehead atoms. The van der Waals surface area contributed by atoms with Gasteiger partial charge in [0, 0.05) is 11.1 Å². The lowest BCUT2D eigenvalue weighted by Crippen LogP contribution is -2.01. The van der Waals surface area contributed by atoms with Gasteiger partial charge < -0.3 is 13.5 Å². The summed E-state index contributed by atoms with van der Waals surface area (Å²) < 4.78 is 28.5. The molecule has 0 atom stereocenters. The van der Waals surface area contributed by atoms with Crippen LogP contribution in [0, 0.1) is 0 Å². The minimum Gasteiger partial charge on any atom is -0.472 e. The molecule has 0 aliphatic carbocycles. The van der Waals surface area contributed by atoms with Crippen LogP contribution in [0.15, 0.2) is 23.0 Å². The standard InChI is InChI=1S/C13H18ClO5P/c1-4-18-20(16,19-5-2)13(6-10(3)15)12-9-17-8-11(12)7-14/h6,8-9H,4-5,7H2,1-3H3. The predicted molar refractivity (Wildman–Crippen MR) is 77.8 cm³/mol. The maximum atomic E-state index is 12.9. The van der Waals surface area contributed by atoms with E-state index in [1.807, 2.05) is 0 Å². The topological polar surface area (TPSA) is 65.7 Å². The Hall–Kier alpha value is -0.870. The largest absolute Gasteiger partial charge is 0.472 e. The number of rotatable bonds is 8. The third kappa shape index (κ3) is 4.06. The highest BCUT2D eigenvalue weighted by Crippen LogP contribution is 2.61. The highest BCUT2D eigenvalue weighted by Gasteiger charge is 2.33. The lowest BCUT2D eigenvalue weighted by atomic mass is 10.2. The van der Waals surface area contributed by atoms with Crippen molar-refractivity contribution in [3.05, 3.63) is 29.7 Å². The zero-order valence-corrected chi connectivity index (χ0v) is 13.4. The first kappa shape index (κ1) is 17.2. The van der Waals surface area contributed by atoms with Crippen LogP contribution >= 0.6 is 19.2 Å². The van der Waals surface area contributed by atoms with Crippen LogP contribution < -0.4 is 0 Å². The molecule has 20 heavy (non-hydrogen) atoms. The van der Waals surface area contributed by atoms with Gasteiger partial charge in [-0.25, -0.2) is 0 Å². The van der Waals surface area contributed by atoms with Crippen molar-refractivity contribution in [2.45, 2.75) is 26.7 Å². The molecule has 0 aliphatic heterocycles. The lowest BCUT2D eigenvalue weighted by molar-refractivity contribution is -0.112. The molecule has 0 amide bonds. The Labute approximate surface area is 123 Å². The van der Waals surface area contributed by atoms with Gasteiger partial charge in [-0.15, -0.1) is 11.6 Å². The third-order valence-electron chi connectivity index (χ3n) is 2.40. The number of ketones is 1. The van der Waals surface area contributed by atoms with Crippen molar-refractivity contribution >= 4 is 30.3 Å². The molecule has 0 N–H and O–H groups in total. The SMILES string of the molecule is CCOP(=O)(OCC)C(=CC(C)=O)c1cocc1CCl. The fourth-order valence-corrected chi connectivity index (χ4v) is 3.74. The molecule has 0 fully saturated rings. The number of carbonyl (C=O) groups is 1. The van der Waals surface area contributed by atoms with Gasteiger partial charge in [0.15, 0.2) is 5.78 Å². The Morgan fingerprint density at radius 2 is 1.95 bits per heavy atom. The van der Waals surface area contributed by atoms with Crippen molar-refractivity contribution in [1.29, 1.82) is 0 Å². The van der Waals surface area contributed by atoms with Gasteiger partial charge in [-0.3, -0.25) is 9.36 Å². The maximum Gasteiger partial charge on any atom is 0.362 e. The first-order valence-corrected chi connectivity index (χ1v) is 8.29. The van der Waals surface area contributed by atoms with Crippen molar-refractivity contribution in [2.75, 3.05) is 13.2 Å². The summed E-state index contributed by atoms with van der Waals surface area (Å²) in [6.45, 7) is 5.16. The minimum absolute atomic E-state index is 0.166. The van der Waals surface area contributed by atoms with Gasteiger partial charge in [0.2, 0.25) is 0 Å². The van der Waals surface area contributed by atoms with Crippen LogP contribution in [0.5, 0.6) is 0 Å². The molecule has 0 radical (unpaired) electrons. The summed E-state index contributed by atoms with van der Waals surface area (Å²) in [7, 11) is -3.59. The van der Waals surface area contributed by atoms with Crippen molar-refractivity contribution in [2.24, 2.45) is 0 Å². The van der Waals surface area contributed by atoms with Gasteiger partial charge >= 0.3 is 7.60 Å². The Balaban J connectivity index is 3.39. The van der Waals surface area contributed by atoms with Crippen LogP contribution in [0.4, 0.5) is 0 Å². The summed E-state index contributed by atoms with van der Waals surface area (Å²) >= 11 is 5.81. The summed E-state index contributed by atoms with van der Waals surface area (Å²) in [6.07, 6.45) is 4.07. The molecule has 7 heteroatoms. The molecular weight excluding hydrogens is 303 g/mol. The average molecular weight is 321 g/mol. The fraction of sp³-hybridized carbons (Fsp3) is 0.462. The minimum atomic E-state index is -3.59. The van der Waals surface area contributed by atoms with E-state index in [1.165, 1.54) is 25.5 Å². The molecule has 0 aliphatic rings. The third-order valence-corrected chi connectivity index (χ3v) is 4.84. The molecule has 1 rings (SSSR count). The Morgan fingerprint density at radius 3 is 2.40 bits per heavy atom. The zero-order valence-electron chi connectivity index (χ0n) is 11.7. The van der Waals surface area contributed by atoms with Crippen molar-refractivity contribution in [1.82, 2.24) is 0 Å². The molecular formula is C13H18ClO5P. The lowest BCUT2D eigenvalue weighted by Gasteiger charge is -2.19. The number of allylic oxidation sites excluding steroid dienone is 1. The van der Waals surface area contributed by atoms with Gasteiger partial charge in [-0.1, -0.05) is 0 Å². The monoisotopic (exact) mass is 320 g/mol. The molecule has 0 aromatic carbocycles. The van der Waals surface area contributed by atoms with E-state index in [0.29, 0.717) is 11.1 Å². The number of alkyl halides is 1. The Kier molecular flexibility index (Phi) is 6.69. The Morgan fingerprint density at radius 1 is 1.35 bits per heavy atom. The van der Waals surface area contributed by atoms with Crippen LogP contribution in [-0.2, 0) is 24.3 Å². The second kappa shape index (κ2) is 7.79. The van der Waals surface area contributed by atoms with E-state index in [-0.39, 0.29) is 30.2 Å². The van der Waals surface area contributed by atoms with E-state index in [9.17, 15) is 9.36 Å². The predicted octanol–water partition coefficient (Wildman–Crippen LogP) is 4.21. The molecule has 1 aromatic heterocycles. The van der Waals surface area contributed by atoms with Crippen LogP contribution in [0.3, 0.4) is 0 Å². The second-order valence-corrected chi connectivity index (χ2v) is 6.18. The van der Waals surface area contributed by atoms with E-state index in [1.54, 1.807) is 13.8 Å². The molecule has 1 aromatic rings. The molecule has 1 heterocycles. The van der Waals surface area contributed by atoms with Gasteiger partial charge in [-0.05, 0) is 26.8 Å². The first-order chi connectivity index (χ1) is 9.48. The van der Waals surface area contributed by atoms with Gasteiger partial charge in [0.1, 0.15) is 0 Å². The van der Waals surface area contributed by atoms with E-state index in [2.05, 4.69) is 0 Å². The van der Waals surface area contributed by atoms with Gasteiger partial charge in [0.25, 0.3) is 0 Å². The number of hydrogen-bond donors (Lipinski definition) is 0. The molecule has 0 unspecified atom stereocenters. The average Bonchev–Trinajstić information content (AvgIpc) is 2.84. The van der Waals surface area contributed by atoms with E-state index in [0.717, 1.165) is 0 Å². The molecule has 0 spiro atoms. The van der Waals surface area contributed by atoms with Crippen LogP contribution in [0.25, 0.3) is 5.31 Å². The second-order valence-electron chi connectivity index (χ2n) is 3.92. The normalized spacial score (nSPS) is 12.7. The van der Waals surface area contributed by atoms with Gasteiger partial charge in [-0.2, -0.15) is 0 Å². The van der Waals surface area contributed by atoms with Crippen LogP contribution in [0.1, 0.15) is 31.9 Å². The molecule has 0 saturated carbocycles. The highest BCUT2D eigenvalue weighted by atomic mass is 35.5. The van der Waals surface area contributed by atoms with E-state index >= 15 is 0 Å². The summed E-state index contributed by atoms with van der Waals surface area (Å²) in [4.78, 5) is 11.4. The fourth-order valence-electron chi connectivity index (χ4n) is 1.66.